The molecule has 1 rings (SSSR count). The molecule has 1 amide bonds. The molecule has 5 nitrogen and oxygen atoms in total. The molecular weight excluding hydrogens is 300 g/mol. The van der Waals surface area contributed by atoms with E-state index in [0.717, 1.165) is 5.75 Å². The van der Waals surface area contributed by atoms with Crippen LogP contribution in [0, 0.1) is 0 Å². The summed E-state index contributed by atoms with van der Waals surface area (Å²) in [4.78, 5) is 23.6. The molecule has 0 saturated heterocycles. The van der Waals surface area contributed by atoms with Gasteiger partial charge >= 0.3 is 5.97 Å². The molecule has 0 unspecified atom stereocenters. The first-order valence-electron chi connectivity index (χ1n) is 5.92. The van der Waals surface area contributed by atoms with Crippen molar-refractivity contribution in [2.24, 2.45) is 5.73 Å². The van der Waals surface area contributed by atoms with Gasteiger partial charge in [0.25, 0.3) is 0 Å². The van der Waals surface area contributed by atoms with Gasteiger partial charge in [0.2, 0.25) is 5.91 Å². The quantitative estimate of drug-likeness (QED) is 0.786. The van der Waals surface area contributed by atoms with Crippen LogP contribution in [0.5, 0.6) is 0 Å². The number of methoxy groups -OCH3 is 1. The third-order valence-electron chi connectivity index (χ3n) is 2.61. The van der Waals surface area contributed by atoms with Gasteiger partial charge in [-0.1, -0.05) is 11.6 Å². The first kappa shape index (κ1) is 16.8. The van der Waals surface area contributed by atoms with Crippen molar-refractivity contribution in [1.29, 1.82) is 0 Å². The smallest absolute Gasteiger partial charge is 0.339 e. The molecule has 20 heavy (non-hydrogen) atoms. The summed E-state index contributed by atoms with van der Waals surface area (Å²) in [6.45, 7) is 0. The maximum Gasteiger partial charge on any atom is 0.339 e. The molecule has 0 bridgehead atoms. The van der Waals surface area contributed by atoms with E-state index in [1.807, 2.05) is 6.26 Å². The molecule has 0 fully saturated rings. The lowest BCUT2D eigenvalue weighted by molar-refractivity contribution is -0.117. The van der Waals surface area contributed by atoms with E-state index in [1.165, 1.54) is 19.2 Å². The van der Waals surface area contributed by atoms with Gasteiger partial charge in [-0.3, -0.25) is 4.79 Å². The zero-order chi connectivity index (χ0) is 15.1. The molecule has 7 heteroatoms. The Kier molecular flexibility index (Phi) is 6.84. The van der Waals surface area contributed by atoms with Crippen LogP contribution < -0.4 is 11.1 Å². The van der Waals surface area contributed by atoms with Crippen molar-refractivity contribution < 1.29 is 14.3 Å². The second kappa shape index (κ2) is 8.14. The van der Waals surface area contributed by atoms with Crippen LogP contribution in [0.2, 0.25) is 5.02 Å². The van der Waals surface area contributed by atoms with E-state index >= 15 is 0 Å². The van der Waals surface area contributed by atoms with Crippen LogP contribution in [0.4, 0.5) is 5.69 Å². The first-order valence-corrected chi connectivity index (χ1v) is 7.70. The highest BCUT2D eigenvalue weighted by atomic mass is 35.5. The van der Waals surface area contributed by atoms with Gasteiger partial charge in [-0.2, -0.15) is 11.8 Å². The average molecular weight is 317 g/mol. The van der Waals surface area contributed by atoms with Gasteiger partial charge in [0, 0.05) is 5.02 Å². The van der Waals surface area contributed by atoms with E-state index in [1.54, 1.807) is 17.8 Å². The number of carbonyl (C=O) groups excluding carboxylic acids is 2. The maximum atomic E-state index is 12.0. The number of thioether (sulfide) groups is 1. The molecule has 0 heterocycles. The molecule has 0 radical (unpaired) electrons. The fraction of sp³-hybridized carbons (Fsp3) is 0.385. The highest BCUT2D eigenvalue weighted by Gasteiger charge is 2.18. The van der Waals surface area contributed by atoms with Gasteiger partial charge in [0.15, 0.2) is 0 Å². The van der Waals surface area contributed by atoms with Gasteiger partial charge in [0.05, 0.1) is 24.4 Å². The lowest BCUT2D eigenvalue weighted by atomic mass is 10.1. The summed E-state index contributed by atoms with van der Waals surface area (Å²) in [5.74, 6) is -0.116. The Bertz CT molecular complexity index is 497. The third-order valence-corrected chi connectivity index (χ3v) is 3.49. The topological polar surface area (TPSA) is 81.4 Å². The Balaban J connectivity index is 2.87. The summed E-state index contributed by atoms with van der Waals surface area (Å²) >= 11 is 7.49. The normalized spacial score (nSPS) is 11.8. The Morgan fingerprint density at radius 2 is 2.20 bits per heavy atom. The number of nitrogens with one attached hydrogen (secondary N) is 1. The molecule has 110 valence electrons. The SMILES string of the molecule is COC(=O)c1ccc(Cl)cc1NC(=O)[C@H](N)CCSC. The molecule has 0 saturated carbocycles. The van der Waals surface area contributed by atoms with Gasteiger partial charge in [0.1, 0.15) is 0 Å². The average Bonchev–Trinajstić information content (AvgIpc) is 2.44. The van der Waals surface area contributed by atoms with Crippen LogP contribution in [-0.4, -0.2) is 37.0 Å². The van der Waals surface area contributed by atoms with Crippen molar-refractivity contribution >= 4 is 40.9 Å². The van der Waals surface area contributed by atoms with Crippen molar-refractivity contribution in [3.63, 3.8) is 0 Å². The van der Waals surface area contributed by atoms with Crippen molar-refractivity contribution in [3.05, 3.63) is 28.8 Å². The van der Waals surface area contributed by atoms with Crippen LogP contribution in [0.1, 0.15) is 16.8 Å². The van der Waals surface area contributed by atoms with E-state index in [0.29, 0.717) is 17.1 Å². The van der Waals surface area contributed by atoms with Crippen molar-refractivity contribution in [2.75, 3.05) is 24.4 Å². The monoisotopic (exact) mass is 316 g/mol. The fourth-order valence-electron chi connectivity index (χ4n) is 1.51. The minimum atomic E-state index is -0.632. The number of halogens is 1. The molecule has 0 spiro atoms. The predicted molar refractivity (Wildman–Crippen MR) is 82.4 cm³/mol. The van der Waals surface area contributed by atoms with Crippen LogP contribution in [0.15, 0.2) is 18.2 Å². The molecule has 3 N–H and O–H groups in total. The lowest BCUT2D eigenvalue weighted by Crippen LogP contribution is -2.36. The lowest BCUT2D eigenvalue weighted by Gasteiger charge is -2.14. The summed E-state index contributed by atoms with van der Waals surface area (Å²) in [6.07, 6.45) is 2.50. The zero-order valence-corrected chi connectivity index (χ0v) is 12.9. The number of carbonyl (C=O) groups is 2. The van der Waals surface area contributed by atoms with E-state index in [9.17, 15) is 9.59 Å². The first-order chi connectivity index (χ1) is 9.49. The van der Waals surface area contributed by atoms with E-state index in [-0.39, 0.29) is 11.5 Å². The molecule has 1 atom stereocenters. The number of nitrogens with two attached hydrogens (primary N) is 1. The molecule has 0 aromatic heterocycles. The number of anilines is 1. The molecule has 0 aliphatic heterocycles. The van der Waals surface area contributed by atoms with Gasteiger partial charge in [-0.25, -0.2) is 4.79 Å². The highest BCUT2D eigenvalue weighted by molar-refractivity contribution is 7.98. The molecular formula is C13H17ClN2O3S. The van der Waals surface area contributed by atoms with Gasteiger partial charge in [-0.05, 0) is 36.6 Å². The van der Waals surface area contributed by atoms with Crippen molar-refractivity contribution in [3.8, 4) is 0 Å². The van der Waals surface area contributed by atoms with E-state index in [4.69, 9.17) is 17.3 Å². The Hall–Kier alpha value is -1.24. The number of amides is 1. The van der Waals surface area contributed by atoms with Gasteiger partial charge in [-0.15, -0.1) is 0 Å². The number of benzene rings is 1. The summed E-state index contributed by atoms with van der Waals surface area (Å²) in [5, 5.41) is 3.02. The summed E-state index contributed by atoms with van der Waals surface area (Å²) in [7, 11) is 1.27. The molecule has 1 aromatic carbocycles. The fourth-order valence-corrected chi connectivity index (χ4v) is 2.17. The highest BCUT2D eigenvalue weighted by Crippen LogP contribution is 2.22. The predicted octanol–water partition coefficient (Wildman–Crippen LogP) is 2.15. The maximum absolute atomic E-state index is 12.0. The van der Waals surface area contributed by atoms with Crippen LogP contribution in [0.3, 0.4) is 0 Å². The summed E-state index contributed by atoms with van der Waals surface area (Å²) < 4.78 is 4.66. The van der Waals surface area contributed by atoms with Crippen LogP contribution in [-0.2, 0) is 9.53 Å². The second-order valence-electron chi connectivity index (χ2n) is 4.06. The minimum absolute atomic E-state index is 0.238. The Morgan fingerprint density at radius 1 is 1.50 bits per heavy atom. The third kappa shape index (κ3) is 4.70. The Labute approximate surface area is 127 Å². The van der Waals surface area contributed by atoms with E-state index < -0.39 is 12.0 Å². The molecule has 1 aromatic rings. The zero-order valence-electron chi connectivity index (χ0n) is 11.3. The van der Waals surface area contributed by atoms with Crippen LogP contribution >= 0.6 is 23.4 Å². The number of hydrogen-bond acceptors (Lipinski definition) is 5. The number of esters is 1. The van der Waals surface area contributed by atoms with Crippen molar-refractivity contribution in [2.45, 2.75) is 12.5 Å². The standard InChI is InChI=1S/C13H17ClN2O3S/c1-19-13(18)9-4-3-8(14)7-11(9)16-12(17)10(15)5-6-20-2/h3-4,7,10H,5-6,15H2,1-2H3,(H,16,17)/t10-/m1/s1. The van der Waals surface area contributed by atoms with Gasteiger partial charge < -0.3 is 15.8 Å². The number of rotatable bonds is 6. The Morgan fingerprint density at radius 3 is 2.80 bits per heavy atom. The minimum Gasteiger partial charge on any atom is -0.465 e. The molecule has 0 aliphatic rings. The largest absolute Gasteiger partial charge is 0.465 e. The van der Waals surface area contributed by atoms with Crippen LogP contribution in [0.25, 0.3) is 0 Å². The number of hydrogen-bond donors (Lipinski definition) is 2. The second-order valence-corrected chi connectivity index (χ2v) is 5.48. The summed E-state index contributed by atoms with van der Waals surface area (Å²) in [5.41, 5.74) is 6.31. The van der Waals surface area contributed by atoms with Crippen molar-refractivity contribution in [1.82, 2.24) is 0 Å². The van der Waals surface area contributed by atoms with E-state index in [2.05, 4.69) is 10.1 Å². The number of ether oxygens (including phenoxy) is 1. The molecule has 0 aliphatic carbocycles. The summed E-state index contributed by atoms with van der Waals surface area (Å²) in [6, 6.07) is 3.91.